The Kier molecular flexibility index (Phi) is 4.68. The smallest absolute Gasteiger partial charge is 0.303 e. The van der Waals surface area contributed by atoms with Crippen LogP contribution in [-0.4, -0.2) is 23.0 Å². The van der Waals surface area contributed by atoms with Gasteiger partial charge < -0.3 is 5.32 Å². The van der Waals surface area contributed by atoms with Crippen LogP contribution in [0.15, 0.2) is 28.4 Å². The lowest BCUT2D eigenvalue weighted by molar-refractivity contribution is -0.141. The number of benzene rings is 1. The zero-order valence-corrected chi connectivity index (χ0v) is 11.8. The summed E-state index contributed by atoms with van der Waals surface area (Å²) in [5, 5.41) is 9.11. The fourth-order valence-electron chi connectivity index (χ4n) is 1.63. The molecule has 1 amide bonds. The number of carbonyl (C=O) groups excluding carboxylic acids is 1. The van der Waals surface area contributed by atoms with Crippen molar-refractivity contribution >= 4 is 29.1 Å². The van der Waals surface area contributed by atoms with Crippen molar-refractivity contribution in [2.45, 2.75) is 12.4 Å². The van der Waals surface area contributed by atoms with Crippen molar-refractivity contribution in [2.75, 3.05) is 5.75 Å². The number of amidine groups is 1. The van der Waals surface area contributed by atoms with Crippen LogP contribution >= 0.6 is 11.8 Å². The fourth-order valence-corrected chi connectivity index (χ4v) is 2.26. The Morgan fingerprint density at radius 3 is 2.35 bits per heavy atom. The van der Waals surface area contributed by atoms with Gasteiger partial charge in [-0.05, 0) is 18.2 Å². The Morgan fingerprint density at radius 1 is 1.13 bits per heavy atom. The molecule has 0 unspecified atom stereocenters. The number of amides is 1. The molecular formula is C12H7F6N3OS. The Hall–Kier alpha value is -2.04. The number of alkyl halides is 6. The summed E-state index contributed by atoms with van der Waals surface area (Å²) in [5.74, 6) is -0.259. The zero-order valence-electron chi connectivity index (χ0n) is 11.0. The molecule has 0 aliphatic carbocycles. The van der Waals surface area contributed by atoms with Gasteiger partial charge in [0.2, 0.25) is 5.91 Å². The molecule has 1 aromatic carbocycles. The molecule has 2 rings (SSSR count). The summed E-state index contributed by atoms with van der Waals surface area (Å²) in [7, 11) is 0. The highest BCUT2D eigenvalue weighted by Gasteiger charge is 2.36. The summed E-state index contributed by atoms with van der Waals surface area (Å²) in [5.41, 5.74) is -3.27. The van der Waals surface area contributed by atoms with E-state index in [1.807, 2.05) is 0 Å². The highest BCUT2D eigenvalue weighted by Crippen LogP contribution is 2.35. The summed E-state index contributed by atoms with van der Waals surface area (Å²) in [6.45, 7) is 0. The van der Waals surface area contributed by atoms with E-state index >= 15 is 0 Å². The number of hydrogen-bond donors (Lipinski definition) is 1. The summed E-state index contributed by atoms with van der Waals surface area (Å²) in [6.07, 6.45) is -9.06. The minimum absolute atomic E-state index is 0.0618. The molecule has 1 fully saturated rings. The second kappa shape index (κ2) is 6.22. The molecular weight excluding hydrogens is 348 g/mol. The van der Waals surface area contributed by atoms with Gasteiger partial charge in [-0.2, -0.15) is 31.4 Å². The second-order valence-electron chi connectivity index (χ2n) is 4.28. The molecule has 1 N–H and O–H groups in total. The van der Waals surface area contributed by atoms with Crippen molar-refractivity contribution in [1.82, 2.24) is 5.32 Å². The van der Waals surface area contributed by atoms with Crippen LogP contribution in [0.25, 0.3) is 0 Å². The Balaban J connectivity index is 2.36. The van der Waals surface area contributed by atoms with Gasteiger partial charge in [-0.3, -0.25) is 4.79 Å². The Labute approximate surface area is 129 Å². The van der Waals surface area contributed by atoms with Gasteiger partial charge in [0.15, 0.2) is 5.17 Å². The van der Waals surface area contributed by atoms with Gasteiger partial charge in [-0.25, -0.2) is 0 Å². The fraction of sp³-hybridized carbons (Fsp3) is 0.250. The van der Waals surface area contributed by atoms with Crippen LogP contribution < -0.4 is 5.32 Å². The van der Waals surface area contributed by atoms with Crippen molar-refractivity contribution in [2.24, 2.45) is 10.2 Å². The third-order valence-electron chi connectivity index (χ3n) is 2.62. The standard InChI is InChI=1S/C12H7F6N3OS/c13-11(14,15)7-1-2-8(12(16,17)18)6(3-7)4-19-21-10-20-9(22)5-23-10/h1-4H,5H2,(H,20,21,22). The molecule has 0 atom stereocenters. The van der Waals surface area contributed by atoms with E-state index in [1.54, 1.807) is 0 Å². The van der Waals surface area contributed by atoms with Gasteiger partial charge >= 0.3 is 12.4 Å². The molecule has 1 aromatic rings. The average molecular weight is 355 g/mol. The summed E-state index contributed by atoms with van der Waals surface area (Å²) in [6, 6.07) is 1.02. The van der Waals surface area contributed by atoms with E-state index in [4.69, 9.17) is 0 Å². The molecule has 0 spiro atoms. The Bertz CT molecular complexity index is 680. The molecule has 1 heterocycles. The van der Waals surface area contributed by atoms with E-state index in [0.717, 1.165) is 11.8 Å². The van der Waals surface area contributed by atoms with E-state index in [9.17, 15) is 31.1 Å². The minimum Gasteiger partial charge on any atom is -0.303 e. The summed E-state index contributed by atoms with van der Waals surface area (Å²) < 4.78 is 76.3. The lowest BCUT2D eigenvalue weighted by Gasteiger charge is -2.13. The lowest BCUT2D eigenvalue weighted by Crippen LogP contribution is -2.19. The molecule has 11 heteroatoms. The van der Waals surface area contributed by atoms with Crippen molar-refractivity contribution in [3.63, 3.8) is 0 Å². The predicted octanol–water partition coefficient (Wildman–Crippen LogP) is 3.28. The molecule has 0 bridgehead atoms. The summed E-state index contributed by atoms with van der Waals surface area (Å²) >= 11 is 0.976. The van der Waals surface area contributed by atoms with Gasteiger partial charge in [-0.15, -0.1) is 5.10 Å². The van der Waals surface area contributed by atoms with Crippen molar-refractivity contribution < 1.29 is 31.1 Å². The largest absolute Gasteiger partial charge is 0.417 e. The molecule has 0 saturated carbocycles. The third-order valence-corrected chi connectivity index (χ3v) is 3.48. The number of thioether (sulfide) groups is 1. The van der Waals surface area contributed by atoms with E-state index in [0.29, 0.717) is 24.4 Å². The van der Waals surface area contributed by atoms with Crippen LogP contribution in [-0.2, 0) is 17.1 Å². The van der Waals surface area contributed by atoms with Crippen LogP contribution in [0.5, 0.6) is 0 Å². The maximum atomic E-state index is 12.8. The van der Waals surface area contributed by atoms with Crippen LogP contribution in [0.4, 0.5) is 26.3 Å². The van der Waals surface area contributed by atoms with Crippen LogP contribution in [0.3, 0.4) is 0 Å². The monoisotopic (exact) mass is 355 g/mol. The number of nitrogens with one attached hydrogen (secondary N) is 1. The molecule has 1 aliphatic heterocycles. The van der Waals surface area contributed by atoms with Gasteiger partial charge in [-0.1, -0.05) is 11.8 Å². The highest BCUT2D eigenvalue weighted by atomic mass is 32.2. The predicted molar refractivity (Wildman–Crippen MR) is 72.1 cm³/mol. The van der Waals surface area contributed by atoms with Crippen LogP contribution in [0, 0.1) is 0 Å². The highest BCUT2D eigenvalue weighted by molar-refractivity contribution is 8.15. The molecule has 4 nitrogen and oxygen atoms in total. The van der Waals surface area contributed by atoms with Gasteiger partial charge in [0, 0.05) is 5.56 Å². The first kappa shape index (κ1) is 17.3. The molecule has 0 aromatic heterocycles. The Morgan fingerprint density at radius 2 is 1.83 bits per heavy atom. The topological polar surface area (TPSA) is 53.8 Å². The SMILES string of the molecule is O=C1CSC(=NN=Cc2cc(C(F)(F)F)ccc2C(F)(F)F)N1. The van der Waals surface area contributed by atoms with Crippen molar-refractivity contribution in [1.29, 1.82) is 0 Å². The second-order valence-corrected chi connectivity index (χ2v) is 5.25. The number of nitrogens with zero attached hydrogens (tertiary/aromatic N) is 2. The van der Waals surface area contributed by atoms with E-state index in [1.165, 1.54) is 0 Å². The van der Waals surface area contributed by atoms with E-state index in [-0.39, 0.29) is 16.8 Å². The third kappa shape index (κ3) is 4.47. The molecule has 1 aliphatic rings. The van der Waals surface area contributed by atoms with Gasteiger partial charge in [0.05, 0.1) is 23.1 Å². The normalized spacial score (nSPS) is 18.0. The first-order valence-electron chi connectivity index (χ1n) is 5.89. The molecule has 124 valence electrons. The van der Waals surface area contributed by atoms with Crippen molar-refractivity contribution in [3.05, 3.63) is 34.9 Å². The maximum Gasteiger partial charge on any atom is 0.417 e. The molecule has 0 radical (unpaired) electrons. The summed E-state index contributed by atoms with van der Waals surface area (Å²) in [4.78, 5) is 10.9. The number of halogens is 6. The first-order valence-corrected chi connectivity index (χ1v) is 6.88. The van der Waals surface area contributed by atoms with Gasteiger partial charge in [0.25, 0.3) is 0 Å². The van der Waals surface area contributed by atoms with Crippen molar-refractivity contribution in [3.8, 4) is 0 Å². The average Bonchev–Trinajstić information content (AvgIpc) is 2.82. The molecule has 23 heavy (non-hydrogen) atoms. The number of carbonyl (C=O) groups is 1. The first-order chi connectivity index (χ1) is 10.6. The van der Waals surface area contributed by atoms with E-state index < -0.39 is 29.0 Å². The number of hydrogen-bond acceptors (Lipinski definition) is 4. The maximum absolute atomic E-state index is 12.8. The minimum atomic E-state index is -4.84. The van der Waals surface area contributed by atoms with Crippen LogP contribution in [0.2, 0.25) is 0 Å². The quantitative estimate of drug-likeness (QED) is 0.503. The van der Waals surface area contributed by atoms with Gasteiger partial charge in [0.1, 0.15) is 0 Å². The molecule has 1 saturated heterocycles. The zero-order chi connectivity index (χ0) is 17.3. The van der Waals surface area contributed by atoms with E-state index in [2.05, 4.69) is 15.5 Å². The number of rotatable bonds is 2. The lowest BCUT2D eigenvalue weighted by atomic mass is 10.0. The van der Waals surface area contributed by atoms with Crippen LogP contribution in [0.1, 0.15) is 16.7 Å².